The number of nitrogens with zero attached hydrogens (tertiary/aromatic N) is 3. The van der Waals surface area contributed by atoms with E-state index in [-0.39, 0.29) is 5.82 Å². The fourth-order valence-corrected chi connectivity index (χ4v) is 3.23. The summed E-state index contributed by atoms with van der Waals surface area (Å²) >= 11 is 1.94. The van der Waals surface area contributed by atoms with Crippen LogP contribution in [0.15, 0.2) is 39.9 Å². The van der Waals surface area contributed by atoms with E-state index in [2.05, 4.69) is 14.9 Å². The van der Waals surface area contributed by atoms with E-state index in [1.54, 1.807) is 18.4 Å². The normalized spacial score (nSPS) is 15.9. The van der Waals surface area contributed by atoms with Crippen LogP contribution in [-0.2, 0) is 6.42 Å². The molecule has 7 heteroatoms. The highest BCUT2D eigenvalue weighted by atomic mass is 32.2. The standard InChI is InChI=1S/C16H19FN4OS/c17-13-3-1-12(2-4-13)15-20-14(11-22-15)5-6-19-16(18)21-7-9-23-10-8-21/h1-4,11H,5-10H2,(H2,18,19). The van der Waals surface area contributed by atoms with Crippen LogP contribution in [0.4, 0.5) is 4.39 Å². The highest BCUT2D eigenvalue weighted by molar-refractivity contribution is 7.99. The molecule has 2 N–H and O–H groups in total. The van der Waals surface area contributed by atoms with E-state index in [1.165, 1.54) is 12.1 Å². The predicted octanol–water partition coefficient (Wildman–Crippen LogP) is 2.39. The van der Waals surface area contributed by atoms with Gasteiger partial charge in [-0.05, 0) is 24.3 Å². The van der Waals surface area contributed by atoms with Gasteiger partial charge >= 0.3 is 0 Å². The topological polar surface area (TPSA) is 67.6 Å². The molecule has 0 unspecified atom stereocenters. The van der Waals surface area contributed by atoms with Gasteiger partial charge in [0.05, 0.1) is 5.69 Å². The molecule has 1 aliphatic rings. The maximum absolute atomic E-state index is 12.9. The predicted molar refractivity (Wildman–Crippen MR) is 91.0 cm³/mol. The number of guanidine groups is 1. The first-order valence-corrected chi connectivity index (χ1v) is 8.71. The number of aromatic nitrogens is 1. The number of benzene rings is 1. The second-order valence-electron chi connectivity index (χ2n) is 5.24. The number of halogens is 1. The van der Waals surface area contributed by atoms with Crippen LogP contribution in [0, 0.1) is 5.82 Å². The summed E-state index contributed by atoms with van der Waals surface area (Å²) < 4.78 is 18.4. The number of rotatable bonds is 4. The molecule has 1 aromatic carbocycles. The number of aliphatic imine (C=N–C) groups is 1. The highest BCUT2D eigenvalue weighted by Crippen LogP contribution is 2.19. The van der Waals surface area contributed by atoms with Gasteiger partial charge in [0.1, 0.15) is 12.1 Å². The number of nitrogens with two attached hydrogens (primary N) is 1. The van der Waals surface area contributed by atoms with Crippen molar-refractivity contribution in [2.45, 2.75) is 6.42 Å². The van der Waals surface area contributed by atoms with Gasteiger partial charge in [0.2, 0.25) is 5.89 Å². The van der Waals surface area contributed by atoms with Gasteiger partial charge in [0, 0.05) is 43.1 Å². The Bertz CT molecular complexity index is 665. The van der Waals surface area contributed by atoms with Crippen molar-refractivity contribution in [3.63, 3.8) is 0 Å². The van der Waals surface area contributed by atoms with Crippen LogP contribution in [0.25, 0.3) is 11.5 Å². The van der Waals surface area contributed by atoms with Gasteiger partial charge in [-0.3, -0.25) is 4.99 Å². The molecule has 5 nitrogen and oxygen atoms in total. The fraction of sp³-hybridized carbons (Fsp3) is 0.375. The Hall–Kier alpha value is -2.02. The molecule has 1 saturated heterocycles. The maximum atomic E-state index is 12.9. The molecule has 0 atom stereocenters. The SMILES string of the molecule is NC(=NCCc1coc(-c2ccc(F)cc2)n1)N1CCSCC1. The van der Waals surface area contributed by atoms with E-state index >= 15 is 0 Å². The first kappa shape index (κ1) is 15.9. The van der Waals surface area contributed by atoms with Crippen LogP contribution in [0.5, 0.6) is 0 Å². The average Bonchev–Trinajstić information content (AvgIpc) is 3.05. The van der Waals surface area contributed by atoms with Crippen molar-refractivity contribution in [1.82, 2.24) is 9.88 Å². The molecule has 3 rings (SSSR count). The number of thioether (sulfide) groups is 1. The summed E-state index contributed by atoms with van der Waals surface area (Å²) in [7, 11) is 0. The molecule has 2 heterocycles. The molecule has 2 aromatic rings. The molecule has 0 amide bonds. The van der Waals surface area contributed by atoms with E-state index in [9.17, 15) is 4.39 Å². The van der Waals surface area contributed by atoms with Gasteiger partial charge in [0.25, 0.3) is 0 Å². The van der Waals surface area contributed by atoms with Gasteiger partial charge in [-0.1, -0.05) is 0 Å². The summed E-state index contributed by atoms with van der Waals surface area (Å²) in [6, 6.07) is 6.08. The fourth-order valence-electron chi connectivity index (χ4n) is 2.32. The zero-order chi connectivity index (χ0) is 16.1. The van der Waals surface area contributed by atoms with Crippen molar-refractivity contribution in [2.75, 3.05) is 31.1 Å². The summed E-state index contributed by atoms with van der Waals surface area (Å²) in [5.41, 5.74) is 7.58. The van der Waals surface area contributed by atoms with Crippen LogP contribution in [0.3, 0.4) is 0 Å². The lowest BCUT2D eigenvalue weighted by molar-refractivity contribution is 0.456. The molecule has 0 radical (unpaired) electrons. The lowest BCUT2D eigenvalue weighted by Crippen LogP contribution is -2.42. The highest BCUT2D eigenvalue weighted by Gasteiger charge is 2.12. The maximum Gasteiger partial charge on any atom is 0.226 e. The number of oxazole rings is 1. The zero-order valence-electron chi connectivity index (χ0n) is 12.7. The van der Waals surface area contributed by atoms with Crippen molar-refractivity contribution in [3.05, 3.63) is 42.0 Å². The third kappa shape index (κ3) is 4.25. The van der Waals surface area contributed by atoms with Crippen molar-refractivity contribution in [3.8, 4) is 11.5 Å². The van der Waals surface area contributed by atoms with Gasteiger partial charge in [-0.25, -0.2) is 9.37 Å². The Kier molecular flexibility index (Phi) is 5.17. The molecule has 0 spiro atoms. The van der Waals surface area contributed by atoms with Crippen molar-refractivity contribution >= 4 is 17.7 Å². The number of hydrogen-bond donors (Lipinski definition) is 1. The molecule has 122 valence electrons. The lowest BCUT2D eigenvalue weighted by Gasteiger charge is -2.27. The molecular weight excluding hydrogens is 315 g/mol. The third-order valence-electron chi connectivity index (χ3n) is 3.62. The molecule has 0 saturated carbocycles. The average molecular weight is 334 g/mol. The lowest BCUT2D eigenvalue weighted by atomic mass is 10.2. The molecular formula is C16H19FN4OS. The van der Waals surface area contributed by atoms with Crippen LogP contribution in [0.1, 0.15) is 5.69 Å². The van der Waals surface area contributed by atoms with E-state index in [0.29, 0.717) is 24.8 Å². The molecule has 0 aliphatic carbocycles. The molecule has 1 aliphatic heterocycles. The minimum Gasteiger partial charge on any atom is -0.444 e. The van der Waals surface area contributed by atoms with Crippen LogP contribution >= 0.6 is 11.8 Å². The Balaban J connectivity index is 1.55. The van der Waals surface area contributed by atoms with E-state index in [0.717, 1.165) is 35.9 Å². The van der Waals surface area contributed by atoms with E-state index in [4.69, 9.17) is 10.2 Å². The summed E-state index contributed by atoms with van der Waals surface area (Å²) in [4.78, 5) is 10.9. The third-order valence-corrected chi connectivity index (χ3v) is 4.56. The quantitative estimate of drug-likeness (QED) is 0.687. The molecule has 1 fully saturated rings. The van der Waals surface area contributed by atoms with Crippen molar-refractivity contribution in [1.29, 1.82) is 0 Å². The Morgan fingerprint density at radius 3 is 2.78 bits per heavy atom. The largest absolute Gasteiger partial charge is 0.444 e. The summed E-state index contributed by atoms with van der Waals surface area (Å²) in [6.07, 6.45) is 2.27. The zero-order valence-corrected chi connectivity index (χ0v) is 13.6. The summed E-state index contributed by atoms with van der Waals surface area (Å²) in [5, 5.41) is 0. The molecule has 23 heavy (non-hydrogen) atoms. The van der Waals surface area contributed by atoms with Crippen LogP contribution in [-0.4, -0.2) is 47.0 Å². The van der Waals surface area contributed by atoms with Crippen LogP contribution in [0.2, 0.25) is 0 Å². The van der Waals surface area contributed by atoms with Gasteiger partial charge in [-0.2, -0.15) is 11.8 Å². The molecule has 1 aromatic heterocycles. The first-order chi connectivity index (χ1) is 11.2. The van der Waals surface area contributed by atoms with Crippen molar-refractivity contribution in [2.24, 2.45) is 10.7 Å². The van der Waals surface area contributed by atoms with E-state index in [1.807, 2.05) is 11.8 Å². The first-order valence-electron chi connectivity index (χ1n) is 7.55. The van der Waals surface area contributed by atoms with E-state index < -0.39 is 0 Å². The Labute approximate surface area is 138 Å². The van der Waals surface area contributed by atoms with Gasteiger partial charge < -0.3 is 15.1 Å². The Morgan fingerprint density at radius 2 is 2.04 bits per heavy atom. The Morgan fingerprint density at radius 1 is 1.30 bits per heavy atom. The van der Waals surface area contributed by atoms with Gasteiger partial charge in [-0.15, -0.1) is 0 Å². The monoisotopic (exact) mass is 334 g/mol. The summed E-state index contributed by atoms with van der Waals surface area (Å²) in [6.45, 7) is 2.49. The smallest absolute Gasteiger partial charge is 0.226 e. The second-order valence-corrected chi connectivity index (χ2v) is 6.46. The van der Waals surface area contributed by atoms with Crippen LogP contribution < -0.4 is 5.73 Å². The molecule has 0 bridgehead atoms. The summed E-state index contributed by atoms with van der Waals surface area (Å²) in [5.74, 6) is 3.01. The second kappa shape index (κ2) is 7.50. The van der Waals surface area contributed by atoms with Gasteiger partial charge in [0.15, 0.2) is 5.96 Å². The van der Waals surface area contributed by atoms with Crippen molar-refractivity contribution < 1.29 is 8.81 Å². The minimum atomic E-state index is -0.276. The number of hydrogen-bond acceptors (Lipinski definition) is 4. The minimum absolute atomic E-state index is 0.276.